The third kappa shape index (κ3) is 2.89. The number of carbonyl (C=O) groups excluding carboxylic acids is 1. The Morgan fingerprint density at radius 1 is 1.27 bits per heavy atom. The topological polar surface area (TPSA) is 77.3 Å². The van der Waals surface area contributed by atoms with Crippen molar-refractivity contribution in [2.75, 3.05) is 13.7 Å². The van der Waals surface area contributed by atoms with Gasteiger partial charge in [0.1, 0.15) is 0 Å². The highest BCUT2D eigenvalue weighted by Gasteiger charge is 2.20. The molecule has 118 valence electrons. The normalized spacial score (nSPS) is 15.9. The van der Waals surface area contributed by atoms with E-state index in [4.69, 9.17) is 15.2 Å². The third-order valence-electron chi connectivity index (χ3n) is 4.41. The van der Waals surface area contributed by atoms with Crippen LogP contribution in [0.1, 0.15) is 43.6 Å². The number of nitrogens with one attached hydrogen (secondary N) is 1. The highest BCUT2D eigenvalue weighted by Crippen LogP contribution is 2.40. The van der Waals surface area contributed by atoms with Gasteiger partial charge in [0, 0.05) is 23.2 Å². The van der Waals surface area contributed by atoms with Crippen LogP contribution in [0.5, 0.6) is 11.5 Å². The Morgan fingerprint density at radius 2 is 2.05 bits per heavy atom. The van der Waals surface area contributed by atoms with Gasteiger partial charge in [-0.2, -0.15) is 0 Å². The zero-order valence-electron chi connectivity index (χ0n) is 12.9. The van der Waals surface area contributed by atoms with Crippen molar-refractivity contribution in [2.24, 2.45) is 5.73 Å². The summed E-state index contributed by atoms with van der Waals surface area (Å²) in [4.78, 5) is 14.2. The second kappa shape index (κ2) is 6.30. The quantitative estimate of drug-likeness (QED) is 0.891. The molecular weight excluding hydrogens is 280 g/mol. The van der Waals surface area contributed by atoms with E-state index in [2.05, 4.69) is 11.2 Å². The van der Waals surface area contributed by atoms with E-state index in [0.717, 1.165) is 5.52 Å². The zero-order valence-corrected chi connectivity index (χ0v) is 12.9. The number of aromatic amines is 1. The lowest BCUT2D eigenvalue weighted by Crippen LogP contribution is -2.20. The van der Waals surface area contributed by atoms with E-state index < -0.39 is 5.91 Å². The number of fused-ring (bicyclic) bond motifs is 1. The molecule has 0 atom stereocenters. The van der Waals surface area contributed by atoms with E-state index in [-0.39, 0.29) is 6.61 Å². The van der Waals surface area contributed by atoms with Crippen LogP contribution in [0.3, 0.4) is 0 Å². The number of methoxy groups -OCH3 is 1. The van der Waals surface area contributed by atoms with Crippen LogP contribution < -0.4 is 15.2 Å². The lowest BCUT2D eigenvalue weighted by Gasteiger charge is -2.21. The van der Waals surface area contributed by atoms with Gasteiger partial charge in [0.2, 0.25) is 0 Å². The minimum atomic E-state index is -0.503. The Morgan fingerprint density at radius 3 is 2.73 bits per heavy atom. The van der Waals surface area contributed by atoms with Crippen LogP contribution in [0.2, 0.25) is 0 Å². The molecular formula is C17H22N2O3. The molecule has 1 saturated carbocycles. The predicted octanol–water partition coefficient (Wildman–Crippen LogP) is 3.09. The number of nitrogens with two attached hydrogens (primary N) is 1. The molecule has 3 N–H and O–H groups in total. The first-order chi connectivity index (χ1) is 10.7. The summed E-state index contributed by atoms with van der Waals surface area (Å²) in [7, 11) is 1.60. The minimum absolute atomic E-state index is 0.155. The fraction of sp³-hybridized carbons (Fsp3) is 0.471. The highest BCUT2D eigenvalue weighted by molar-refractivity contribution is 5.87. The minimum Gasteiger partial charge on any atom is -0.493 e. The van der Waals surface area contributed by atoms with Crippen molar-refractivity contribution in [3.63, 3.8) is 0 Å². The number of carbonyl (C=O) groups is 1. The predicted molar refractivity (Wildman–Crippen MR) is 85.4 cm³/mol. The first kappa shape index (κ1) is 14.8. The van der Waals surface area contributed by atoms with Gasteiger partial charge in [-0.3, -0.25) is 4.79 Å². The van der Waals surface area contributed by atoms with Gasteiger partial charge in [-0.05, 0) is 30.4 Å². The summed E-state index contributed by atoms with van der Waals surface area (Å²) in [6.45, 7) is -0.155. The van der Waals surface area contributed by atoms with Crippen molar-refractivity contribution in [3.05, 3.63) is 23.9 Å². The Bertz CT molecular complexity index is 672. The number of ether oxygens (including phenoxy) is 2. The van der Waals surface area contributed by atoms with Crippen LogP contribution in [0.15, 0.2) is 18.3 Å². The average molecular weight is 302 g/mol. The Balaban J connectivity index is 1.95. The number of rotatable bonds is 5. The molecule has 0 spiro atoms. The number of aromatic nitrogens is 1. The van der Waals surface area contributed by atoms with E-state index in [1.54, 1.807) is 7.11 Å². The van der Waals surface area contributed by atoms with E-state index >= 15 is 0 Å². The SMILES string of the molecule is COc1cc2c(C3CCCCC3)c[nH]c2cc1OCC(N)=O. The molecule has 1 amide bonds. The molecule has 3 rings (SSSR count). The molecule has 22 heavy (non-hydrogen) atoms. The van der Waals surface area contributed by atoms with Crippen LogP contribution in [-0.4, -0.2) is 24.6 Å². The average Bonchev–Trinajstić information content (AvgIpc) is 2.95. The summed E-state index contributed by atoms with van der Waals surface area (Å²) in [5.41, 5.74) is 7.49. The Kier molecular flexibility index (Phi) is 4.22. The Hall–Kier alpha value is -2.17. The molecule has 1 fully saturated rings. The molecule has 1 aromatic heterocycles. The molecule has 0 bridgehead atoms. The number of benzene rings is 1. The van der Waals surface area contributed by atoms with Crippen LogP contribution in [0.25, 0.3) is 10.9 Å². The van der Waals surface area contributed by atoms with Gasteiger partial charge in [0.05, 0.1) is 7.11 Å². The largest absolute Gasteiger partial charge is 0.493 e. The third-order valence-corrected chi connectivity index (χ3v) is 4.41. The second-order valence-electron chi connectivity index (χ2n) is 5.88. The van der Waals surface area contributed by atoms with Gasteiger partial charge in [-0.25, -0.2) is 0 Å². The maximum atomic E-state index is 10.9. The first-order valence-electron chi connectivity index (χ1n) is 7.79. The van der Waals surface area contributed by atoms with Gasteiger partial charge in [0.25, 0.3) is 5.91 Å². The van der Waals surface area contributed by atoms with Crippen LogP contribution in [0.4, 0.5) is 0 Å². The van der Waals surface area contributed by atoms with Gasteiger partial charge in [-0.1, -0.05) is 19.3 Å². The molecule has 1 aromatic carbocycles. The highest BCUT2D eigenvalue weighted by atomic mass is 16.5. The fourth-order valence-electron chi connectivity index (χ4n) is 3.32. The molecule has 5 nitrogen and oxygen atoms in total. The summed E-state index contributed by atoms with van der Waals surface area (Å²) in [5, 5.41) is 1.18. The number of primary amides is 1. The van der Waals surface area contributed by atoms with E-state index in [1.807, 2.05) is 12.1 Å². The molecule has 1 heterocycles. The summed E-state index contributed by atoms with van der Waals surface area (Å²) < 4.78 is 10.8. The van der Waals surface area contributed by atoms with Crippen LogP contribution in [-0.2, 0) is 4.79 Å². The van der Waals surface area contributed by atoms with E-state index in [1.165, 1.54) is 43.1 Å². The van der Waals surface area contributed by atoms with Crippen LogP contribution in [0, 0.1) is 0 Å². The smallest absolute Gasteiger partial charge is 0.255 e. The van der Waals surface area contributed by atoms with Crippen molar-refractivity contribution in [1.29, 1.82) is 0 Å². The summed E-state index contributed by atoms with van der Waals surface area (Å²) in [6, 6.07) is 3.87. The van der Waals surface area contributed by atoms with Gasteiger partial charge >= 0.3 is 0 Å². The van der Waals surface area contributed by atoms with Gasteiger partial charge in [-0.15, -0.1) is 0 Å². The fourth-order valence-corrected chi connectivity index (χ4v) is 3.32. The summed E-state index contributed by atoms with van der Waals surface area (Å²) >= 11 is 0. The summed E-state index contributed by atoms with van der Waals surface area (Å²) in [6.07, 6.45) is 8.53. The van der Waals surface area contributed by atoms with Crippen molar-refractivity contribution in [3.8, 4) is 11.5 Å². The van der Waals surface area contributed by atoms with Gasteiger partial charge < -0.3 is 20.2 Å². The van der Waals surface area contributed by atoms with E-state index in [9.17, 15) is 4.79 Å². The molecule has 2 aromatic rings. The van der Waals surface area contributed by atoms with Crippen molar-refractivity contribution < 1.29 is 14.3 Å². The maximum absolute atomic E-state index is 10.9. The molecule has 1 aliphatic carbocycles. The lowest BCUT2D eigenvalue weighted by molar-refractivity contribution is -0.119. The molecule has 1 aliphatic rings. The van der Waals surface area contributed by atoms with Crippen LogP contribution >= 0.6 is 0 Å². The van der Waals surface area contributed by atoms with Gasteiger partial charge in [0.15, 0.2) is 18.1 Å². The molecule has 5 heteroatoms. The molecule has 0 aliphatic heterocycles. The summed E-state index contributed by atoms with van der Waals surface area (Å²) in [5.74, 6) is 1.28. The number of amides is 1. The molecule has 0 unspecified atom stereocenters. The lowest BCUT2D eigenvalue weighted by atomic mass is 9.84. The number of hydrogen-bond acceptors (Lipinski definition) is 3. The van der Waals surface area contributed by atoms with Crippen molar-refractivity contribution in [1.82, 2.24) is 4.98 Å². The standard InChI is InChI=1S/C17H22N2O3/c1-21-15-7-12-13(11-5-3-2-4-6-11)9-19-14(12)8-16(15)22-10-17(18)20/h7-9,11,19H,2-6,10H2,1H3,(H2,18,20). The number of hydrogen-bond donors (Lipinski definition) is 2. The van der Waals surface area contributed by atoms with Crippen molar-refractivity contribution in [2.45, 2.75) is 38.0 Å². The Labute approximate surface area is 129 Å². The molecule has 0 saturated heterocycles. The second-order valence-corrected chi connectivity index (χ2v) is 5.88. The monoisotopic (exact) mass is 302 g/mol. The number of H-pyrrole nitrogens is 1. The van der Waals surface area contributed by atoms with Crippen molar-refractivity contribution >= 4 is 16.8 Å². The maximum Gasteiger partial charge on any atom is 0.255 e. The first-order valence-corrected chi connectivity index (χ1v) is 7.79. The molecule has 0 radical (unpaired) electrons. The van der Waals surface area contributed by atoms with E-state index in [0.29, 0.717) is 17.4 Å². The zero-order chi connectivity index (χ0) is 15.5.